The Labute approximate surface area is 145 Å². The molecule has 1 heterocycles. The molecule has 0 bridgehead atoms. The van der Waals surface area contributed by atoms with Crippen LogP contribution in [0.1, 0.15) is 42.2 Å². The number of amides is 2. The third-order valence-corrected chi connectivity index (χ3v) is 4.37. The standard InChI is InChI=1S/C18H22N2O3S/c1-12-3-5-14(6-4-12)16(20-13(2)21)9-18(23)19-10-17(22)15-7-8-24-11-15/h3-8,11,16-17,22H,9-10H2,1-2H3,(H,19,23)(H,20,21). The normalized spacial score (nSPS) is 13.1. The molecule has 0 spiro atoms. The van der Waals surface area contributed by atoms with Crippen molar-refractivity contribution in [2.75, 3.05) is 6.54 Å². The van der Waals surface area contributed by atoms with Crippen LogP contribution >= 0.6 is 11.3 Å². The molecule has 0 fully saturated rings. The van der Waals surface area contributed by atoms with Gasteiger partial charge in [0.25, 0.3) is 0 Å². The summed E-state index contributed by atoms with van der Waals surface area (Å²) >= 11 is 1.50. The summed E-state index contributed by atoms with van der Waals surface area (Å²) in [7, 11) is 0. The van der Waals surface area contributed by atoms with Gasteiger partial charge in [0, 0.05) is 13.5 Å². The molecule has 5 nitrogen and oxygen atoms in total. The van der Waals surface area contributed by atoms with Crippen molar-refractivity contribution in [2.24, 2.45) is 0 Å². The molecule has 1 aromatic heterocycles. The van der Waals surface area contributed by atoms with Crippen LogP contribution < -0.4 is 10.6 Å². The number of hydrogen-bond acceptors (Lipinski definition) is 4. The van der Waals surface area contributed by atoms with Gasteiger partial charge in [-0.15, -0.1) is 0 Å². The van der Waals surface area contributed by atoms with Gasteiger partial charge in [-0.2, -0.15) is 11.3 Å². The maximum Gasteiger partial charge on any atom is 0.222 e. The molecule has 128 valence electrons. The number of benzene rings is 1. The lowest BCUT2D eigenvalue weighted by molar-refractivity contribution is -0.123. The van der Waals surface area contributed by atoms with Crippen molar-refractivity contribution in [3.63, 3.8) is 0 Å². The van der Waals surface area contributed by atoms with Crippen LogP contribution in [-0.2, 0) is 9.59 Å². The molecule has 3 N–H and O–H groups in total. The lowest BCUT2D eigenvalue weighted by Crippen LogP contribution is -2.34. The molecular formula is C18H22N2O3S. The Bertz CT molecular complexity index is 668. The van der Waals surface area contributed by atoms with Crippen LogP contribution in [-0.4, -0.2) is 23.5 Å². The van der Waals surface area contributed by atoms with E-state index in [0.29, 0.717) is 0 Å². The largest absolute Gasteiger partial charge is 0.387 e. The minimum absolute atomic E-state index is 0.124. The van der Waals surface area contributed by atoms with Crippen molar-refractivity contribution in [1.82, 2.24) is 10.6 Å². The number of nitrogens with one attached hydrogen (secondary N) is 2. The molecule has 2 rings (SSSR count). The molecule has 2 unspecified atom stereocenters. The molecule has 0 aliphatic rings. The van der Waals surface area contributed by atoms with Crippen molar-refractivity contribution in [1.29, 1.82) is 0 Å². The third kappa shape index (κ3) is 5.47. The fourth-order valence-electron chi connectivity index (χ4n) is 2.35. The van der Waals surface area contributed by atoms with E-state index in [0.717, 1.165) is 16.7 Å². The zero-order valence-corrected chi connectivity index (χ0v) is 14.6. The Morgan fingerprint density at radius 2 is 1.88 bits per heavy atom. The summed E-state index contributed by atoms with van der Waals surface area (Å²) in [6, 6.07) is 9.15. The summed E-state index contributed by atoms with van der Waals surface area (Å²) in [6.45, 7) is 3.56. The van der Waals surface area contributed by atoms with Crippen LogP contribution in [0, 0.1) is 6.92 Å². The Balaban J connectivity index is 1.94. The molecular weight excluding hydrogens is 324 g/mol. The van der Waals surface area contributed by atoms with E-state index in [1.54, 1.807) is 0 Å². The number of hydrogen-bond donors (Lipinski definition) is 3. The Hall–Kier alpha value is -2.18. The Morgan fingerprint density at radius 3 is 2.46 bits per heavy atom. The van der Waals surface area contributed by atoms with Crippen LogP contribution in [0.4, 0.5) is 0 Å². The summed E-state index contributed by atoms with van der Waals surface area (Å²) in [5.74, 6) is -0.407. The first-order valence-electron chi connectivity index (χ1n) is 7.76. The minimum atomic E-state index is -0.723. The predicted molar refractivity (Wildman–Crippen MR) is 94.6 cm³/mol. The van der Waals surface area contributed by atoms with Crippen LogP contribution in [0.5, 0.6) is 0 Å². The fraction of sp³-hybridized carbons (Fsp3) is 0.333. The molecule has 2 aromatic rings. The monoisotopic (exact) mass is 346 g/mol. The number of aliphatic hydroxyl groups is 1. The van der Waals surface area contributed by atoms with Crippen molar-refractivity contribution >= 4 is 23.2 Å². The topological polar surface area (TPSA) is 78.4 Å². The number of carbonyl (C=O) groups is 2. The van der Waals surface area contributed by atoms with Crippen LogP contribution in [0.25, 0.3) is 0 Å². The highest BCUT2D eigenvalue weighted by Gasteiger charge is 2.18. The quantitative estimate of drug-likeness (QED) is 0.721. The maximum absolute atomic E-state index is 12.2. The lowest BCUT2D eigenvalue weighted by Gasteiger charge is -2.19. The van der Waals surface area contributed by atoms with Crippen molar-refractivity contribution in [3.8, 4) is 0 Å². The zero-order valence-electron chi connectivity index (χ0n) is 13.8. The van der Waals surface area contributed by atoms with E-state index >= 15 is 0 Å². The van der Waals surface area contributed by atoms with Gasteiger partial charge in [-0.05, 0) is 34.9 Å². The molecule has 0 aliphatic heterocycles. The highest BCUT2D eigenvalue weighted by Crippen LogP contribution is 2.18. The minimum Gasteiger partial charge on any atom is -0.387 e. The highest BCUT2D eigenvalue weighted by molar-refractivity contribution is 7.07. The van der Waals surface area contributed by atoms with E-state index in [1.165, 1.54) is 18.3 Å². The highest BCUT2D eigenvalue weighted by atomic mass is 32.1. The molecule has 6 heteroatoms. The number of rotatable bonds is 7. The van der Waals surface area contributed by atoms with E-state index in [1.807, 2.05) is 48.0 Å². The van der Waals surface area contributed by atoms with Crippen molar-refractivity contribution < 1.29 is 14.7 Å². The molecule has 0 radical (unpaired) electrons. The molecule has 2 atom stereocenters. The average molecular weight is 346 g/mol. The van der Waals surface area contributed by atoms with E-state index in [9.17, 15) is 14.7 Å². The van der Waals surface area contributed by atoms with Gasteiger partial charge < -0.3 is 15.7 Å². The van der Waals surface area contributed by atoms with E-state index in [-0.39, 0.29) is 30.8 Å². The summed E-state index contributed by atoms with van der Waals surface area (Å²) in [5, 5.41) is 19.3. The van der Waals surface area contributed by atoms with Gasteiger partial charge >= 0.3 is 0 Å². The van der Waals surface area contributed by atoms with Gasteiger partial charge in [0.05, 0.1) is 18.6 Å². The summed E-state index contributed by atoms with van der Waals surface area (Å²) in [5.41, 5.74) is 2.78. The maximum atomic E-state index is 12.2. The molecule has 0 saturated carbocycles. The van der Waals surface area contributed by atoms with Crippen LogP contribution in [0.2, 0.25) is 0 Å². The van der Waals surface area contributed by atoms with Gasteiger partial charge in [-0.1, -0.05) is 29.8 Å². The van der Waals surface area contributed by atoms with Gasteiger partial charge in [0.15, 0.2) is 0 Å². The first-order valence-corrected chi connectivity index (χ1v) is 8.70. The molecule has 2 amide bonds. The van der Waals surface area contributed by atoms with E-state index in [4.69, 9.17) is 0 Å². The third-order valence-electron chi connectivity index (χ3n) is 3.67. The second-order valence-electron chi connectivity index (χ2n) is 5.74. The molecule has 0 aliphatic carbocycles. The Morgan fingerprint density at radius 1 is 1.17 bits per heavy atom. The summed E-state index contributed by atoms with van der Waals surface area (Å²) in [6.07, 6.45) is -0.599. The van der Waals surface area contributed by atoms with Crippen molar-refractivity contribution in [3.05, 3.63) is 57.8 Å². The first kappa shape index (κ1) is 18.2. The first-order chi connectivity index (χ1) is 11.5. The lowest BCUT2D eigenvalue weighted by atomic mass is 10.0. The van der Waals surface area contributed by atoms with E-state index in [2.05, 4.69) is 10.6 Å². The molecule has 24 heavy (non-hydrogen) atoms. The van der Waals surface area contributed by atoms with Gasteiger partial charge in [-0.25, -0.2) is 0 Å². The van der Waals surface area contributed by atoms with Gasteiger partial charge in [0.1, 0.15) is 0 Å². The number of aryl methyl sites for hydroxylation is 1. The van der Waals surface area contributed by atoms with Crippen LogP contribution in [0.3, 0.4) is 0 Å². The Kier molecular flexibility index (Phi) is 6.52. The average Bonchev–Trinajstić information content (AvgIpc) is 3.07. The van der Waals surface area contributed by atoms with Gasteiger partial charge in [-0.3, -0.25) is 9.59 Å². The predicted octanol–water partition coefficient (Wildman–Crippen LogP) is 2.47. The molecule has 1 aromatic carbocycles. The summed E-state index contributed by atoms with van der Waals surface area (Å²) in [4.78, 5) is 23.6. The molecule has 0 saturated heterocycles. The second-order valence-corrected chi connectivity index (χ2v) is 6.52. The summed E-state index contributed by atoms with van der Waals surface area (Å²) < 4.78 is 0. The number of carbonyl (C=O) groups excluding carboxylic acids is 2. The fourth-order valence-corrected chi connectivity index (χ4v) is 3.05. The zero-order chi connectivity index (χ0) is 17.5. The van der Waals surface area contributed by atoms with Crippen LogP contribution in [0.15, 0.2) is 41.1 Å². The van der Waals surface area contributed by atoms with Gasteiger partial charge in [0.2, 0.25) is 11.8 Å². The van der Waals surface area contributed by atoms with E-state index < -0.39 is 6.10 Å². The second kappa shape index (κ2) is 8.61. The van der Waals surface area contributed by atoms with Crippen molar-refractivity contribution in [2.45, 2.75) is 32.4 Å². The SMILES string of the molecule is CC(=O)NC(CC(=O)NCC(O)c1ccsc1)c1ccc(C)cc1. The smallest absolute Gasteiger partial charge is 0.222 e. The number of thiophene rings is 1. The number of aliphatic hydroxyl groups excluding tert-OH is 1.